The van der Waals surface area contributed by atoms with Crippen molar-refractivity contribution < 1.29 is 23.8 Å². The van der Waals surface area contributed by atoms with Gasteiger partial charge in [0.1, 0.15) is 11.9 Å². The third-order valence-corrected chi connectivity index (χ3v) is 7.78. The second-order valence-corrected chi connectivity index (χ2v) is 10.4. The van der Waals surface area contributed by atoms with Crippen molar-refractivity contribution in [2.45, 2.75) is 76.0 Å². The van der Waals surface area contributed by atoms with E-state index in [0.29, 0.717) is 31.9 Å². The summed E-state index contributed by atoms with van der Waals surface area (Å²) < 4.78 is 27.1. The van der Waals surface area contributed by atoms with E-state index in [1.54, 1.807) is 6.07 Å². The lowest BCUT2D eigenvalue weighted by Crippen LogP contribution is -2.35. The molecule has 1 aromatic heterocycles. The predicted molar refractivity (Wildman–Crippen MR) is 139 cm³/mol. The van der Waals surface area contributed by atoms with Gasteiger partial charge in [-0.25, -0.2) is 4.39 Å². The number of aryl methyl sites for hydroxylation is 2. The molecule has 2 aromatic rings. The van der Waals surface area contributed by atoms with Crippen molar-refractivity contribution in [2.75, 3.05) is 38.2 Å². The summed E-state index contributed by atoms with van der Waals surface area (Å²) in [5.74, 6) is -1.51. The molecule has 0 radical (unpaired) electrons. The standard InChI is InChI=1S/C29H38FN3O4/c30-23-9-5-8-22(26-11-2-4-18-37-26)27(23)28(29(34)35)33-16-14-21(19-33)36-17-3-1-7-20-12-13-24-25(32-20)10-6-15-31-24/h5,8-9,12-13,21,26,28,31H,1-4,6-7,10-11,14-19H2,(H,34,35)/t21-,26?,28?/m1/s1. The minimum absolute atomic E-state index is 0.0454. The normalized spacial score (nSPS) is 22.8. The molecule has 2 fully saturated rings. The molecule has 3 atom stereocenters. The summed E-state index contributed by atoms with van der Waals surface area (Å²) in [5, 5.41) is 13.5. The second kappa shape index (κ2) is 12.3. The van der Waals surface area contributed by atoms with Crippen LogP contribution in [0.15, 0.2) is 30.3 Å². The monoisotopic (exact) mass is 511 g/mol. The predicted octanol–water partition coefficient (Wildman–Crippen LogP) is 5.06. The summed E-state index contributed by atoms with van der Waals surface area (Å²) in [6.07, 6.45) is 8.22. The number of aromatic nitrogens is 1. The highest BCUT2D eigenvalue weighted by Gasteiger charge is 2.38. The van der Waals surface area contributed by atoms with Crippen LogP contribution < -0.4 is 5.32 Å². The molecule has 8 heteroatoms. The Bertz CT molecular complexity index is 1080. The van der Waals surface area contributed by atoms with Crippen LogP contribution in [-0.4, -0.2) is 59.9 Å². The average molecular weight is 512 g/mol. The molecule has 37 heavy (non-hydrogen) atoms. The van der Waals surface area contributed by atoms with Gasteiger partial charge in [-0.3, -0.25) is 14.7 Å². The van der Waals surface area contributed by atoms with Crippen molar-refractivity contribution in [1.29, 1.82) is 0 Å². The van der Waals surface area contributed by atoms with Gasteiger partial charge < -0.3 is 19.9 Å². The van der Waals surface area contributed by atoms with E-state index < -0.39 is 17.8 Å². The van der Waals surface area contributed by atoms with Crippen LogP contribution in [0, 0.1) is 5.82 Å². The number of unbranched alkanes of at least 4 members (excludes halogenated alkanes) is 1. The van der Waals surface area contributed by atoms with Crippen LogP contribution in [0.25, 0.3) is 0 Å². The lowest BCUT2D eigenvalue weighted by Gasteiger charge is -2.30. The largest absolute Gasteiger partial charge is 0.480 e. The van der Waals surface area contributed by atoms with E-state index in [1.165, 1.54) is 11.8 Å². The molecule has 0 aliphatic carbocycles. The molecule has 3 aliphatic heterocycles. The Morgan fingerprint density at radius 2 is 2.14 bits per heavy atom. The number of hydrogen-bond donors (Lipinski definition) is 2. The van der Waals surface area contributed by atoms with E-state index in [4.69, 9.17) is 14.5 Å². The maximum atomic E-state index is 15.1. The molecule has 4 heterocycles. The highest BCUT2D eigenvalue weighted by molar-refractivity contribution is 5.76. The number of halogens is 1. The number of hydrogen-bond acceptors (Lipinski definition) is 6. The molecule has 5 rings (SSSR count). The van der Waals surface area contributed by atoms with Crippen LogP contribution in [0.4, 0.5) is 10.1 Å². The number of nitrogens with zero attached hydrogens (tertiary/aromatic N) is 2. The molecule has 3 aliphatic rings. The third-order valence-electron chi connectivity index (χ3n) is 7.78. The Kier molecular flexibility index (Phi) is 8.69. The number of aliphatic carboxylic acids is 1. The van der Waals surface area contributed by atoms with Crippen LogP contribution in [0.5, 0.6) is 0 Å². The van der Waals surface area contributed by atoms with Gasteiger partial charge in [-0.15, -0.1) is 0 Å². The number of carbonyl (C=O) groups is 1. The zero-order chi connectivity index (χ0) is 25.6. The fourth-order valence-electron chi connectivity index (χ4n) is 5.87. The molecule has 7 nitrogen and oxygen atoms in total. The number of anilines is 1. The molecule has 0 bridgehead atoms. The molecule has 2 unspecified atom stereocenters. The average Bonchev–Trinajstić information content (AvgIpc) is 3.38. The van der Waals surface area contributed by atoms with Crippen molar-refractivity contribution >= 4 is 11.7 Å². The molecule has 200 valence electrons. The smallest absolute Gasteiger partial charge is 0.325 e. The van der Waals surface area contributed by atoms with Gasteiger partial charge in [0.05, 0.1) is 23.6 Å². The maximum Gasteiger partial charge on any atom is 0.325 e. The van der Waals surface area contributed by atoms with E-state index in [1.807, 2.05) is 11.0 Å². The third kappa shape index (κ3) is 6.30. The van der Waals surface area contributed by atoms with Gasteiger partial charge in [0, 0.05) is 44.1 Å². The van der Waals surface area contributed by atoms with Crippen molar-refractivity contribution in [3.63, 3.8) is 0 Å². The molecule has 0 saturated carbocycles. The highest BCUT2D eigenvalue weighted by atomic mass is 19.1. The van der Waals surface area contributed by atoms with Crippen LogP contribution in [0.1, 0.15) is 79.6 Å². The van der Waals surface area contributed by atoms with Crippen LogP contribution in [0.3, 0.4) is 0 Å². The zero-order valence-electron chi connectivity index (χ0n) is 21.5. The number of ether oxygens (including phenoxy) is 2. The number of fused-ring (bicyclic) bond motifs is 1. The zero-order valence-corrected chi connectivity index (χ0v) is 21.5. The first-order valence-corrected chi connectivity index (χ1v) is 13.8. The summed E-state index contributed by atoms with van der Waals surface area (Å²) in [4.78, 5) is 19.1. The van der Waals surface area contributed by atoms with Gasteiger partial charge in [-0.2, -0.15) is 0 Å². The van der Waals surface area contributed by atoms with Crippen molar-refractivity contribution in [3.8, 4) is 0 Å². The van der Waals surface area contributed by atoms with Gasteiger partial charge in [0.25, 0.3) is 0 Å². The highest BCUT2D eigenvalue weighted by Crippen LogP contribution is 2.37. The van der Waals surface area contributed by atoms with Crippen molar-refractivity contribution in [1.82, 2.24) is 9.88 Å². The molecule has 2 saturated heterocycles. The maximum absolute atomic E-state index is 15.1. The lowest BCUT2D eigenvalue weighted by molar-refractivity contribution is -0.143. The Balaban J connectivity index is 1.14. The number of carboxylic acid groups (broad SMARTS) is 1. The van der Waals surface area contributed by atoms with Gasteiger partial charge in [-0.05, 0) is 81.5 Å². The number of rotatable bonds is 10. The minimum Gasteiger partial charge on any atom is -0.480 e. The van der Waals surface area contributed by atoms with Crippen molar-refractivity contribution in [3.05, 3.63) is 58.7 Å². The Hall–Kier alpha value is -2.55. The first kappa shape index (κ1) is 26.1. The summed E-state index contributed by atoms with van der Waals surface area (Å²) in [5.41, 5.74) is 4.38. The van der Waals surface area contributed by atoms with Gasteiger partial charge >= 0.3 is 5.97 Å². The Morgan fingerprint density at radius 3 is 2.97 bits per heavy atom. The molecule has 1 aromatic carbocycles. The molecule has 0 amide bonds. The minimum atomic E-state index is -1.04. The van der Waals surface area contributed by atoms with E-state index in [9.17, 15) is 9.90 Å². The number of carboxylic acids is 1. The fourth-order valence-corrected chi connectivity index (χ4v) is 5.87. The van der Waals surface area contributed by atoms with Crippen LogP contribution in [0.2, 0.25) is 0 Å². The summed E-state index contributed by atoms with van der Waals surface area (Å²) >= 11 is 0. The summed E-state index contributed by atoms with van der Waals surface area (Å²) in [7, 11) is 0. The number of benzene rings is 1. The first-order valence-electron chi connectivity index (χ1n) is 13.8. The van der Waals surface area contributed by atoms with E-state index in [2.05, 4.69) is 17.4 Å². The topological polar surface area (TPSA) is 83.9 Å². The fraction of sp³-hybridized carbons (Fsp3) is 0.586. The number of pyridine rings is 1. The van der Waals surface area contributed by atoms with Gasteiger partial charge in [0.2, 0.25) is 0 Å². The summed E-state index contributed by atoms with van der Waals surface area (Å²) in [6.45, 7) is 3.32. The van der Waals surface area contributed by atoms with E-state index >= 15 is 4.39 Å². The van der Waals surface area contributed by atoms with Crippen LogP contribution in [-0.2, 0) is 27.1 Å². The quantitative estimate of drug-likeness (QED) is 0.432. The molecular weight excluding hydrogens is 473 g/mol. The Morgan fingerprint density at radius 1 is 1.22 bits per heavy atom. The molecular formula is C29H38FN3O4. The SMILES string of the molecule is O=C(O)C(c1c(F)cccc1C1CCCCO1)N1CC[C@@H](OCCCCc2ccc3c(n2)CCCN3)C1. The van der Waals surface area contributed by atoms with E-state index in [-0.39, 0.29) is 17.8 Å². The Labute approximate surface area is 218 Å². The summed E-state index contributed by atoms with van der Waals surface area (Å²) in [6, 6.07) is 8.03. The second-order valence-electron chi connectivity index (χ2n) is 10.4. The number of nitrogens with one attached hydrogen (secondary N) is 1. The van der Waals surface area contributed by atoms with Gasteiger partial charge in [0.15, 0.2) is 0 Å². The first-order chi connectivity index (χ1) is 18.1. The lowest BCUT2D eigenvalue weighted by atomic mass is 9.91. The molecule has 2 N–H and O–H groups in total. The van der Waals surface area contributed by atoms with Gasteiger partial charge in [-0.1, -0.05) is 12.1 Å². The van der Waals surface area contributed by atoms with Crippen LogP contribution >= 0.6 is 0 Å². The number of likely N-dealkylation sites (tertiary alicyclic amines) is 1. The molecule has 0 spiro atoms. The van der Waals surface area contributed by atoms with E-state index in [0.717, 1.165) is 75.7 Å². The van der Waals surface area contributed by atoms with Crippen molar-refractivity contribution in [2.24, 2.45) is 0 Å².